The van der Waals surface area contributed by atoms with Gasteiger partial charge in [-0.3, -0.25) is 4.68 Å². The van der Waals surface area contributed by atoms with Crippen LogP contribution >= 0.6 is 0 Å². The zero-order chi connectivity index (χ0) is 15.0. The molecule has 0 radical (unpaired) electrons. The van der Waals surface area contributed by atoms with Crippen LogP contribution in [0.3, 0.4) is 0 Å². The van der Waals surface area contributed by atoms with Gasteiger partial charge < -0.3 is 10.4 Å². The van der Waals surface area contributed by atoms with Crippen LogP contribution in [-0.4, -0.2) is 25.8 Å². The SMILES string of the molecule is Cc1nn(C)cc1Nc1cc(C(=O)O)c2ccccc2n1. The van der Waals surface area contributed by atoms with E-state index in [0.717, 1.165) is 11.4 Å². The van der Waals surface area contributed by atoms with Crippen LogP contribution in [0.4, 0.5) is 11.5 Å². The number of aromatic carboxylic acids is 1. The number of nitrogens with zero attached hydrogens (tertiary/aromatic N) is 3. The van der Waals surface area contributed by atoms with Crippen LogP contribution < -0.4 is 5.32 Å². The van der Waals surface area contributed by atoms with Crippen LogP contribution in [0.25, 0.3) is 10.9 Å². The summed E-state index contributed by atoms with van der Waals surface area (Å²) in [4.78, 5) is 15.9. The molecule has 0 unspecified atom stereocenters. The first kappa shape index (κ1) is 13.1. The highest BCUT2D eigenvalue weighted by Crippen LogP contribution is 2.24. The minimum absolute atomic E-state index is 0.227. The highest BCUT2D eigenvalue weighted by Gasteiger charge is 2.12. The summed E-state index contributed by atoms with van der Waals surface area (Å²) in [6.07, 6.45) is 1.83. The average Bonchev–Trinajstić information content (AvgIpc) is 2.76. The second-order valence-electron chi connectivity index (χ2n) is 4.80. The number of fused-ring (bicyclic) bond motifs is 1. The Labute approximate surface area is 121 Å². The van der Waals surface area contributed by atoms with Crippen molar-refractivity contribution in [2.45, 2.75) is 6.92 Å². The number of aryl methyl sites for hydroxylation is 2. The van der Waals surface area contributed by atoms with E-state index in [2.05, 4.69) is 15.4 Å². The lowest BCUT2D eigenvalue weighted by molar-refractivity contribution is 0.0699. The summed E-state index contributed by atoms with van der Waals surface area (Å²) in [7, 11) is 1.83. The lowest BCUT2D eigenvalue weighted by Gasteiger charge is -2.08. The highest BCUT2D eigenvalue weighted by atomic mass is 16.4. The van der Waals surface area contributed by atoms with Gasteiger partial charge in [-0.25, -0.2) is 9.78 Å². The number of benzene rings is 1. The van der Waals surface area contributed by atoms with Gasteiger partial charge in [-0.1, -0.05) is 18.2 Å². The molecule has 2 aromatic heterocycles. The van der Waals surface area contributed by atoms with Gasteiger partial charge >= 0.3 is 5.97 Å². The van der Waals surface area contributed by atoms with Crippen molar-refractivity contribution < 1.29 is 9.90 Å². The Morgan fingerprint density at radius 1 is 1.33 bits per heavy atom. The topological polar surface area (TPSA) is 80.0 Å². The molecule has 2 heterocycles. The minimum Gasteiger partial charge on any atom is -0.478 e. The van der Waals surface area contributed by atoms with Crippen molar-refractivity contribution in [2.75, 3.05) is 5.32 Å². The lowest BCUT2D eigenvalue weighted by atomic mass is 10.1. The maximum absolute atomic E-state index is 11.4. The molecule has 0 aliphatic carbocycles. The third kappa shape index (κ3) is 2.43. The van der Waals surface area contributed by atoms with Crippen molar-refractivity contribution in [3.63, 3.8) is 0 Å². The monoisotopic (exact) mass is 282 g/mol. The number of carboxylic acid groups (broad SMARTS) is 1. The van der Waals surface area contributed by atoms with Crippen molar-refractivity contribution in [1.82, 2.24) is 14.8 Å². The number of hydrogen-bond acceptors (Lipinski definition) is 4. The molecular weight excluding hydrogens is 268 g/mol. The molecule has 106 valence electrons. The molecule has 3 rings (SSSR count). The summed E-state index contributed by atoms with van der Waals surface area (Å²) in [5.74, 6) is -0.484. The van der Waals surface area contributed by atoms with Crippen molar-refractivity contribution in [1.29, 1.82) is 0 Å². The Kier molecular flexibility index (Phi) is 3.06. The van der Waals surface area contributed by atoms with Gasteiger partial charge in [-0.2, -0.15) is 5.10 Å². The van der Waals surface area contributed by atoms with E-state index in [9.17, 15) is 9.90 Å². The number of carbonyl (C=O) groups is 1. The molecule has 0 saturated carbocycles. The van der Waals surface area contributed by atoms with E-state index in [1.807, 2.05) is 26.2 Å². The quantitative estimate of drug-likeness (QED) is 0.772. The van der Waals surface area contributed by atoms with Crippen LogP contribution in [0.5, 0.6) is 0 Å². The van der Waals surface area contributed by atoms with Crippen molar-refractivity contribution in [3.05, 3.63) is 47.8 Å². The molecule has 0 aliphatic heterocycles. The molecule has 0 atom stereocenters. The number of rotatable bonds is 3. The number of pyridine rings is 1. The van der Waals surface area contributed by atoms with Crippen molar-refractivity contribution in [3.8, 4) is 0 Å². The molecule has 1 aromatic carbocycles. The average molecular weight is 282 g/mol. The fourth-order valence-electron chi connectivity index (χ4n) is 2.28. The largest absolute Gasteiger partial charge is 0.478 e. The van der Waals surface area contributed by atoms with E-state index in [1.165, 1.54) is 6.07 Å². The summed E-state index contributed by atoms with van der Waals surface area (Å²) in [6.45, 7) is 1.88. The molecule has 0 fully saturated rings. The van der Waals surface area contributed by atoms with Gasteiger partial charge in [-0.05, 0) is 19.1 Å². The molecule has 0 saturated heterocycles. The van der Waals surface area contributed by atoms with Crippen LogP contribution in [0.1, 0.15) is 16.1 Å². The van der Waals surface area contributed by atoms with Gasteiger partial charge in [0, 0.05) is 18.6 Å². The molecule has 0 spiro atoms. The van der Waals surface area contributed by atoms with Gasteiger partial charge in [-0.15, -0.1) is 0 Å². The highest BCUT2D eigenvalue weighted by molar-refractivity contribution is 6.03. The summed E-state index contributed by atoms with van der Waals surface area (Å²) in [5, 5.41) is 17.3. The number of anilines is 2. The van der Waals surface area contributed by atoms with Crippen molar-refractivity contribution >= 4 is 28.4 Å². The predicted octanol–water partition coefficient (Wildman–Crippen LogP) is 2.72. The molecule has 21 heavy (non-hydrogen) atoms. The summed E-state index contributed by atoms with van der Waals surface area (Å²) in [5.41, 5.74) is 2.49. The van der Waals surface area contributed by atoms with E-state index in [4.69, 9.17) is 0 Å². The molecular formula is C15H14N4O2. The van der Waals surface area contributed by atoms with Gasteiger partial charge in [0.15, 0.2) is 0 Å². The van der Waals surface area contributed by atoms with Crippen LogP contribution in [-0.2, 0) is 7.05 Å². The van der Waals surface area contributed by atoms with E-state index in [-0.39, 0.29) is 5.56 Å². The lowest BCUT2D eigenvalue weighted by Crippen LogP contribution is -2.02. The smallest absolute Gasteiger partial charge is 0.336 e. The Morgan fingerprint density at radius 2 is 2.10 bits per heavy atom. The first-order chi connectivity index (χ1) is 10.0. The Hall–Kier alpha value is -2.89. The van der Waals surface area contributed by atoms with Crippen molar-refractivity contribution in [2.24, 2.45) is 7.05 Å². The van der Waals surface area contributed by atoms with Crippen LogP contribution in [0.2, 0.25) is 0 Å². The summed E-state index contributed by atoms with van der Waals surface area (Å²) >= 11 is 0. The molecule has 0 bridgehead atoms. The van der Waals surface area contributed by atoms with Crippen LogP contribution in [0.15, 0.2) is 36.5 Å². The molecule has 3 aromatic rings. The minimum atomic E-state index is -0.973. The van der Waals surface area contributed by atoms with Crippen LogP contribution in [0, 0.1) is 6.92 Å². The third-order valence-corrected chi connectivity index (χ3v) is 3.22. The zero-order valence-corrected chi connectivity index (χ0v) is 11.7. The predicted molar refractivity (Wildman–Crippen MR) is 79.9 cm³/mol. The number of carboxylic acids is 1. The second kappa shape index (κ2) is 4.90. The number of aromatic nitrogens is 3. The Balaban J connectivity index is 2.11. The molecule has 6 heteroatoms. The number of nitrogens with one attached hydrogen (secondary N) is 1. The standard InChI is InChI=1S/C15H14N4O2/c1-9-13(8-19(2)18-9)17-14-7-11(15(20)21)10-5-3-4-6-12(10)16-14/h3-8H,1-2H3,(H,16,17)(H,20,21). The molecule has 0 amide bonds. The molecule has 2 N–H and O–H groups in total. The van der Waals surface area contributed by atoms with E-state index in [1.54, 1.807) is 22.9 Å². The number of para-hydroxylation sites is 1. The maximum Gasteiger partial charge on any atom is 0.336 e. The first-order valence-corrected chi connectivity index (χ1v) is 6.45. The summed E-state index contributed by atoms with van der Waals surface area (Å²) < 4.78 is 1.69. The third-order valence-electron chi connectivity index (χ3n) is 3.22. The van der Waals surface area contributed by atoms with E-state index >= 15 is 0 Å². The first-order valence-electron chi connectivity index (χ1n) is 6.45. The molecule has 0 aliphatic rings. The zero-order valence-electron chi connectivity index (χ0n) is 11.7. The summed E-state index contributed by atoms with van der Waals surface area (Å²) in [6, 6.07) is 8.72. The van der Waals surface area contributed by atoms with E-state index in [0.29, 0.717) is 16.7 Å². The fourth-order valence-corrected chi connectivity index (χ4v) is 2.28. The normalized spacial score (nSPS) is 10.8. The Bertz CT molecular complexity index is 839. The Morgan fingerprint density at radius 3 is 2.76 bits per heavy atom. The number of hydrogen-bond donors (Lipinski definition) is 2. The molecule has 6 nitrogen and oxygen atoms in total. The fraction of sp³-hybridized carbons (Fsp3) is 0.133. The van der Waals surface area contributed by atoms with Gasteiger partial charge in [0.1, 0.15) is 5.82 Å². The van der Waals surface area contributed by atoms with Gasteiger partial charge in [0.05, 0.1) is 22.5 Å². The second-order valence-corrected chi connectivity index (χ2v) is 4.80. The van der Waals surface area contributed by atoms with Gasteiger partial charge in [0.2, 0.25) is 0 Å². The maximum atomic E-state index is 11.4. The van der Waals surface area contributed by atoms with Gasteiger partial charge in [0.25, 0.3) is 0 Å². The van der Waals surface area contributed by atoms with E-state index < -0.39 is 5.97 Å².